The molecule has 0 saturated carbocycles. The van der Waals surface area contributed by atoms with E-state index >= 15 is 0 Å². The van der Waals surface area contributed by atoms with Crippen LogP contribution in [0.3, 0.4) is 0 Å². The maximum absolute atomic E-state index is 14.3. The number of halogens is 1. The zero-order chi connectivity index (χ0) is 23.5. The van der Waals surface area contributed by atoms with Gasteiger partial charge in [0.25, 0.3) is 0 Å². The number of likely N-dealkylation sites (tertiary alicyclic amines) is 1. The summed E-state index contributed by atoms with van der Waals surface area (Å²) in [6.07, 6.45) is -1.98. The number of nitrogens with one attached hydrogen (secondary N) is 1. The molecule has 1 saturated heterocycles. The summed E-state index contributed by atoms with van der Waals surface area (Å²) in [5, 5.41) is 3.05. The van der Waals surface area contributed by atoms with Crippen molar-refractivity contribution in [2.75, 3.05) is 6.54 Å². The van der Waals surface area contributed by atoms with Gasteiger partial charge < -0.3 is 10.1 Å². The quantitative estimate of drug-likeness (QED) is 0.681. The molecular formula is C26H33FN2O3. The average molecular weight is 441 g/mol. The number of carbonyl (C=O) groups is 2. The van der Waals surface area contributed by atoms with E-state index in [0.717, 1.165) is 11.1 Å². The van der Waals surface area contributed by atoms with Crippen LogP contribution in [0.4, 0.5) is 9.18 Å². The highest BCUT2D eigenvalue weighted by Crippen LogP contribution is 2.27. The minimum absolute atomic E-state index is 0.0428. The molecule has 2 aromatic rings. The van der Waals surface area contributed by atoms with E-state index in [0.29, 0.717) is 5.92 Å². The van der Waals surface area contributed by atoms with Gasteiger partial charge in [-0.1, -0.05) is 68.4 Å². The van der Waals surface area contributed by atoms with Crippen molar-refractivity contribution in [2.24, 2.45) is 0 Å². The van der Waals surface area contributed by atoms with E-state index < -0.39 is 35.9 Å². The Hall–Kier alpha value is -2.89. The van der Waals surface area contributed by atoms with Crippen LogP contribution < -0.4 is 5.32 Å². The lowest BCUT2D eigenvalue weighted by Gasteiger charge is -2.29. The number of hydrogen-bond donors (Lipinski definition) is 1. The van der Waals surface area contributed by atoms with Crippen LogP contribution in [-0.4, -0.2) is 41.3 Å². The fourth-order valence-electron chi connectivity index (χ4n) is 3.87. The van der Waals surface area contributed by atoms with Gasteiger partial charge in [-0.2, -0.15) is 0 Å². The number of amides is 2. The molecular weight excluding hydrogens is 407 g/mol. The van der Waals surface area contributed by atoms with Crippen LogP contribution in [0.5, 0.6) is 0 Å². The van der Waals surface area contributed by atoms with Gasteiger partial charge in [0.15, 0.2) is 0 Å². The van der Waals surface area contributed by atoms with Crippen molar-refractivity contribution in [2.45, 2.75) is 70.8 Å². The van der Waals surface area contributed by atoms with Gasteiger partial charge in [-0.3, -0.25) is 9.69 Å². The van der Waals surface area contributed by atoms with Gasteiger partial charge in [0, 0.05) is 6.42 Å². The molecule has 0 aliphatic carbocycles. The van der Waals surface area contributed by atoms with Gasteiger partial charge in [-0.15, -0.1) is 0 Å². The van der Waals surface area contributed by atoms with Crippen LogP contribution in [0.1, 0.15) is 69.7 Å². The molecule has 6 heteroatoms. The Kier molecular flexibility index (Phi) is 7.22. The number of carbonyl (C=O) groups excluding carboxylic acids is 2. The summed E-state index contributed by atoms with van der Waals surface area (Å²) in [6.45, 7) is 9.35. The Morgan fingerprint density at radius 1 is 1.00 bits per heavy atom. The monoisotopic (exact) mass is 440 g/mol. The third-order valence-electron chi connectivity index (χ3n) is 5.54. The minimum atomic E-state index is -1.27. The molecule has 1 aliphatic rings. The van der Waals surface area contributed by atoms with Crippen LogP contribution in [0.15, 0.2) is 54.6 Å². The molecule has 3 rings (SSSR count). The molecule has 3 atom stereocenters. The summed E-state index contributed by atoms with van der Waals surface area (Å²) < 4.78 is 19.7. The summed E-state index contributed by atoms with van der Waals surface area (Å²) in [7, 11) is 0. The van der Waals surface area contributed by atoms with E-state index in [1.165, 1.54) is 10.5 Å². The van der Waals surface area contributed by atoms with Crippen molar-refractivity contribution in [1.82, 2.24) is 10.2 Å². The van der Waals surface area contributed by atoms with Crippen LogP contribution in [0.25, 0.3) is 0 Å². The first-order valence-electron chi connectivity index (χ1n) is 11.1. The maximum Gasteiger partial charge on any atom is 0.411 e. The van der Waals surface area contributed by atoms with E-state index in [1.807, 2.05) is 42.5 Å². The van der Waals surface area contributed by atoms with Gasteiger partial charge in [0.1, 0.15) is 17.8 Å². The van der Waals surface area contributed by atoms with Crippen molar-refractivity contribution in [3.05, 3.63) is 71.3 Å². The molecule has 0 aromatic heterocycles. The van der Waals surface area contributed by atoms with E-state index in [-0.39, 0.29) is 13.0 Å². The minimum Gasteiger partial charge on any atom is -0.444 e. The summed E-state index contributed by atoms with van der Waals surface area (Å²) in [5.41, 5.74) is 2.32. The van der Waals surface area contributed by atoms with Gasteiger partial charge >= 0.3 is 6.09 Å². The predicted octanol–water partition coefficient (Wildman–Crippen LogP) is 5.36. The van der Waals surface area contributed by atoms with Gasteiger partial charge in [-0.05, 0) is 43.4 Å². The number of alkyl halides is 1. The van der Waals surface area contributed by atoms with Crippen molar-refractivity contribution >= 4 is 12.0 Å². The Balaban J connectivity index is 1.85. The molecule has 0 bridgehead atoms. The van der Waals surface area contributed by atoms with Gasteiger partial charge in [0.05, 0.1) is 12.6 Å². The highest BCUT2D eigenvalue weighted by molar-refractivity contribution is 5.87. The standard InChI is InChI=1S/C26H33FN2O3/c1-17(2)18-11-13-20(14-12-18)23(19-9-7-6-8-10-19)28-24(30)22-15-21(27)16-29(22)25(31)32-26(3,4)5/h6-14,17,21-23H,15-16H2,1-5H3,(H,28,30)/t21-,22+,23+/m1/s1. The first-order chi connectivity index (χ1) is 15.0. The molecule has 1 heterocycles. The molecule has 5 nitrogen and oxygen atoms in total. The second-order valence-electron chi connectivity index (χ2n) is 9.66. The lowest BCUT2D eigenvalue weighted by molar-refractivity contribution is -0.126. The maximum atomic E-state index is 14.3. The number of benzene rings is 2. The first kappa shape index (κ1) is 23.8. The summed E-state index contributed by atoms with van der Waals surface area (Å²) in [5.74, 6) is 0.00831. The topological polar surface area (TPSA) is 58.6 Å². The molecule has 1 fully saturated rings. The second-order valence-corrected chi connectivity index (χ2v) is 9.66. The van der Waals surface area contributed by atoms with Crippen molar-refractivity contribution < 1.29 is 18.7 Å². The van der Waals surface area contributed by atoms with Crippen molar-refractivity contribution in [3.63, 3.8) is 0 Å². The molecule has 1 N–H and O–H groups in total. The van der Waals surface area contributed by atoms with E-state index in [4.69, 9.17) is 4.74 Å². The van der Waals surface area contributed by atoms with Gasteiger partial charge in [-0.25, -0.2) is 9.18 Å². The third kappa shape index (κ3) is 5.87. The number of hydrogen-bond acceptors (Lipinski definition) is 3. The van der Waals surface area contributed by atoms with Crippen molar-refractivity contribution in [3.8, 4) is 0 Å². The highest BCUT2D eigenvalue weighted by Gasteiger charge is 2.42. The van der Waals surface area contributed by atoms with Crippen LogP contribution in [-0.2, 0) is 9.53 Å². The number of ether oxygens (including phenoxy) is 1. The fourth-order valence-corrected chi connectivity index (χ4v) is 3.87. The summed E-state index contributed by atoms with van der Waals surface area (Å²) in [6, 6.07) is 16.4. The molecule has 0 radical (unpaired) electrons. The molecule has 0 spiro atoms. The Morgan fingerprint density at radius 3 is 2.12 bits per heavy atom. The van der Waals surface area contributed by atoms with Crippen molar-refractivity contribution in [1.29, 1.82) is 0 Å². The predicted molar refractivity (Wildman–Crippen MR) is 123 cm³/mol. The smallest absolute Gasteiger partial charge is 0.411 e. The third-order valence-corrected chi connectivity index (χ3v) is 5.54. The second kappa shape index (κ2) is 9.72. The lowest BCUT2D eigenvalue weighted by atomic mass is 9.95. The molecule has 2 aromatic carbocycles. The molecule has 172 valence electrons. The van der Waals surface area contributed by atoms with Crippen LogP contribution >= 0.6 is 0 Å². The Labute approximate surface area is 190 Å². The largest absolute Gasteiger partial charge is 0.444 e. The van der Waals surface area contributed by atoms with E-state index in [9.17, 15) is 14.0 Å². The zero-order valence-electron chi connectivity index (χ0n) is 19.5. The average Bonchev–Trinajstić information content (AvgIpc) is 3.13. The molecule has 32 heavy (non-hydrogen) atoms. The van der Waals surface area contributed by atoms with Crippen LogP contribution in [0.2, 0.25) is 0 Å². The Morgan fingerprint density at radius 2 is 1.56 bits per heavy atom. The summed E-state index contributed by atoms with van der Waals surface area (Å²) in [4.78, 5) is 27.1. The SMILES string of the molecule is CC(C)c1ccc([C@@H](NC(=O)[C@@H]2C[C@@H](F)CN2C(=O)OC(C)(C)C)c2ccccc2)cc1. The van der Waals surface area contributed by atoms with E-state index in [1.54, 1.807) is 20.8 Å². The first-order valence-corrected chi connectivity index (χ1v) is 11.1. The molecule has 1 aliphatic heterocycles. The fraction of sp³-hybridized carbons (Fsp3) is 0.462. The summed E-state index contributed by atoms with van der Waals surface area (Å²) >= 11 is 0. The number of nitrogens with zero attached hydrogens (tertiary/aromatic N) is 1. The highest BCUT2D eigenvalue weighted by atomic mass is 19.1. The number of rotatable bonds is 5. The Bertz CT molecular complexity index is 922. The normalized spacial score (nSPS) is 19.7. The van der Waals surface area contributed by atoms with Gasteiger partial charge in [0.2, 0.25) is 5.91 Å². The van der Waals surface area contributed by atoms with Crippen LogP contribution in [0, 0.1) is 0 Å². The lowest BCUT2D eigenvalue weighted by Crippen LogP contribution is -2.48. The molecule has 0 unspecified atom stereocenters. The van der Waals surface area contributed by atoms with E-state index in [2.05, 4.69) is 31.3 Å². The molecule has 2 amide bonds. The zero-order valence-corrected chi connectivity index (χ0v) is 19.5.